The van der Waals surface area contributed by atoms with Gasteiger partial charge in [-0.15, -0.1) is 0 Å². The maximum Gasteiger partial charge on any atom is 0.386 e. The fourth-order valence-corrected chi connectivity index (χ4v) is 1.87. The summed E-state index contributed by atoms with van der Waals surface area (Å²) in [7, 11) is 0. The maximum atomic E-state index is 11.4. The SMILES string of the molecule is CCOC(=O)C(=O)Sc1ccc(Cl)c(C)c1. The lowest BCUT2D eigenvalue weighted by molar-refractivity contribution is -0.149. The molecule has 0 saturated carbocycles. The molecule has 0 aromatic heterocycles. The van der Waals surface area contributed by atoms with Gasteiger partial charge in [0.2, 0.25) is 0 Å². The summed E-state index contributed by atoms with van der Waals surface area (Å²) >= 11 is 6.69. The Morgan fingerprint density at radius 2 is 2.12 bits per heavy atom. The standard InChI is InChI=1S/C11H11ClO3S/c1-3-15-10(13)11(14)16-8-4-5-9(12)7(2)6-8/h4-6H,3H2,1-2H3. The second-order valence-electron chi connectivity index (χ2n) is 3.02. The van der Waals surface area contributed by atoms with Gasteiger partial charge in [0.05, 0.1) is 6.61 Å². The van der Waals surface area contributed by atoms with Crippen molar-refractivity contribution in [1.82, 2.24) is 0 Å². The molecule has 5 heteroatoms. The second kappa shape index (κ2) is 5.92. The van der Waals surface area contributed by atoms with E-state index in [1.807, 2.05) is 6.92 Å². The number of hydrogen-bond donors (Lipinski definition) is 0. The average Bonchev–Trinajstić information content (AvgIpc) is 2.24. The van der Waals surface area contributed by atoms with Crippen LogP contribution in [0.2, 0.25) is 5.02 Å². The first-order chi connectivity index (χ1) is 7.54. The lowest BCUT2D eigenvalue weighted by atomic mass is 10.2. The van der Waals surface area contributed by atoms with Crippen LogP contribution in [0.1, 0.15) is 12.5 Å². The van der Waals surface area contributed by atoms with Gasteiger partial charge in [-0.3, -0.25) is 4.79 Å². The normalized spacial score (nSPS) is 9.94. The molecule has 0 aliphatic heterocycles. The van der Waals surface area contributed by atoms with Crippen molar-refractivity contribution in [3.05, 3.63) is 28.8 Å². The molecule has 0 atom stereocenters. The summed E-state index contributed by atoms with van der Waals surface area (Å²) in [5.41, 5.74) is 0.864. The topological polar surface area (TPSA) is 43.4 Å². The van der Waals surface area contributed by atoms with E-state index in [0.29, 0.717) is 9.92 Å². The van der Waals surface area contributed by atoms with Crippen molar-refractivity contribution in [3.63, 3.8) is 0 Å². The van der Waals surface area contributed by atoms with Crippen LogP contribution in [-0.4, -0.2) is 17.7 Å². The molecule has 0 amide bonds. The highest BCUT2D eigenvalue weighted by atomic mass is 35.5. The minimum atomic E-state index is -0.819. The van der Waals surface area contributed by atoms with Crippen molar-refractivity contribution < 1.29 is 14.3 Å². The number of thioether (sulfide) groups is 1. The molecule has 0 bridgehead atoms. The number of halogens is 1. The van der Waals surface area contributed by atoms with Crippen molar-refractivity contribution in [1.29, 1.82) is 0 Å². The van der Waals surface area contributed by atoms with Crippen LogP contribution in [0, 0.1) is 6.92 Å². The van der Waals surface area contributed by atoms with Gasteiger partial charge in [-0.1, -0.05) is 11.6 Å². The molecular weight excluding hydrogens is 248 g/mol. The molecule has 0 heterocycles. The number of benzene rings is 1. The molecular formula is C11H11ClO3S. The van der Waals surface area contributed by atoms with Gasteiger partial charge in [-0.25, -0.2) is 4.79 Å². The minimum absolute atomic E-state index is 0.199. The van der Waals surface area contributed by atoms with E-state index in [4.69, 9.17) is 11.6 Å². The third-order valence-corrected chi connectivity index (χ3v) is 3.05. The zero-order valence-corrected chi connectivity index (χ0v) is 10.5. The molecule has 1 aromatic rings. The van der Waals surface area contributed by atoms with Crippen molar-refractivity contribution in [3.8, 4) is 0 Å². The van der Waals surface area contributed by atoms with Gasteiger partial charge in [0.1, 0.15) is 0 Å². The zero-order valence-electron chi connectivity index (χ0n) is 8.95. The third kappa shape index (κ3) is 3.54. The molecule has 0 radical (unpaired) electrons. The van der Waals surface area contributed by atoms with Gasteiger partial charge in [0.25, 0.3) is 0 Å². The van der Waals surface area contributed by atoms with Gasteiger partial charge in [0, 0.05) is 9.92 Å². The highest BCUT2D eigenvalue weighted by molar-refractivity contribution is 8.15. The first kappa shape index (κ1) is 13.1. The summed E-state index contributed by atoms with van der Waals surface area (Å²) in [6.45, 7) is 3.69. The molecule has 0 aliphatic rings. The smallest absolute Gasteiger partial charge is 0.386 e. The average molecular weight is 259 g/mol. The first-order valence-corrected chi connectivity index (χ1v) is 5.89. The van der Waals surface area contributed by atoms with Crippen LogP contribution in [0.15, 0.2) is 23.1 Å². The molecule has 1 rings (SSSR count). The summed E-state index contributed by atoms with van der Waals surface area (Å²) in [4.78, 5) is 23.1. The number of hydrogen-bond acceptors (Lipinski definition) is 4. The van der Waals surface area contributed by atoms with Crippen LogP contribution in [0.5, 0.6) is 0 Å². The first-order valence-electron chi connectivity index (χ1n) is 4.69. The summed E-state index contributed by atoms with van der Waals surface area (Å²) in [6.07, 6.45) is 0. The van der Waals surface area contributed by atoms with E-state index in [1.165, 1.54) is 0 Å². The van der Waals surface area contributed by atoms with Crippen LogP contribution in [0.4, 0.5) is 0 Å². The zero-order chi connectivity index (χ0) is 12.1. The minimum Gasteiger partial charge on any atom is -0.460 e. The van der Waals surface area contributed by atoms with E-state index in [0.717, 1.165) is 17.3 Å². The Morgan fingerprint density at radius 3 is 2.69 bits per heavy atom. The second-order valence-corrected chi connectivity index (χ2v) is 4.47. The fourth-order valence-electron chi connectivity index (χ4n) is 1.02. The van der Waals surface area contributed by atoms with Crippen molar-refractivity contribution in [2.75, 3.05) is 6.61 Å². The van der Waals surface area contributed by atoms with Gasteiger partial charge < -0.3 is 4.74 Å². The Hall–Kier alpha value is -1.00. The predicted molar refractivity (Wildman–Crippen MR) is 63.7 cm³/mol. The summed E-state index contributed by atoms with van der Waals surface area (Å²) in [5.74, 6) is -0.819. The molecule has 0 N–H and O–H groups in total. The number of carbonyl (C=O) groups excluding carboxylic acids is 2. The summed E-state index contributed by atoms with van der Waals surface area (Å²) in [6, 6.07) is 5.14. The Bertz CT molecular complexity index is 418. The Balaban J connectivity index is 2.70. The van der Waals surface area contributed by atoms with Gasteiger partial charge in [-0.05, 0) is 49.4 Å². The van der Waals surface area contributed by atoms with Crippen LogP contribution < -0.4 is 0 Å². The van der Waals surface area contributed by atoms with E-state index in [-0.39, 0.29) is 6.61 Å². The largest absolute Gasteiger partial charge is 0.460 e. The Labute approximate surface area is 103 Å². The van der Waals surface area contributed by atoms with Crippen molar-refractivity contribution >= 4 is 34.4 Å². The number of ether oxygens (including phenoxy) is 1. The number of rotatable bonds is 2. The van der Waals surface area contributed by atoms with Gasteiger partial charge >= 0.3 is 11.1 Å². The molecule has 0 saturated heterocycles. The summed E-state index contributed by atoms with van der Waals surface area (Å²) < 4.78 is 4.59. The van der Waals surface area contributed by atoms with Crippen molar-refractivity contribution in [2.24, 2.45) is 0 Å². The maximum absolute atomic E-state index is 11.4. The van der Waals surface area contributed by atoms with Crippen LogP contribution in [0.3, 0.4) is 0 Å². The van der Waals surface area contributed by atoms with E-state index >= 15 is 0 Å². The number of esters is 1. The molecule has 0 fully saturated rings. The van der Waals surface area contributed by atoms with Crippen LogP contribution >= 0.6 is 23.4 Å². The summed E-state index contributed by atoms with van der Waals surface area (Å²) in [5, 5.41) is 0.0107. The lowest BCUT2D eigenvalue weighted by Crippen LogP contribution is -2.13. The van der Waals surface area contributed by atoms with E-state index in [2.05, 4.69) is 4.74 Å². The molecule has 86 valence electrons. The number of aryl methyl sites for hydroxylation is 1. The number of carbonyl (C=O) groups is 2. The molecule has 3 nitrogen and oxygen atoms in total. The molecule has 0 unspecified atom stereocenters. The highest BCUT2D eigenvalue weighted by Gasteiger charge is 2.16. The van der Waals surface area contributed by atoms with E-state index < -0.39 is 11.1 Å². The highest BCUT2D eigenvalue weighted by Crippen LogP contribution is 2.24. The van der Waals surface area contributed by atoms with E-state index in [9.17, 15) is 9.59 Å². The van der Waals surface area contributed by atoms with Crippen LogP contribution in [0.25, 0.3) is 0 Å². The monoisotopic (exact) mass is 258 g/mol. The molecule has 0 spiro atoms. The Morgan fingerprint density at radius 1 is 1.44 bits per heavy atom. The van der Waals surface area contributed by atoms with Gasteiger partial charge in [-0.2, -0.15) is 0 Å². The molecule has 1 aromatic carbocycles. The molecule has 16 heavy (non-hydrogen) atoms. The van der Waals surface area contributed by atoms with Crippen molar-refractivity contribution in [2.45, 2.75) is 18.7 Å². The third-order valence-electron chi connectivity index (χ3n) is 1.78. The fraction of sp³-hybridized carbons (Fsp3) is 0.273. The Kier molecular flexibility index (Phi) is 4.83. The molecule has 0 aliphatic carbocycles. The van der Waals surface area contributed by atoms with Crippen LogP contribution in [-0.2, 0) is 14.3 Å². The lowest BCUT2D eigenvalue weighted by Gasteiger charge is -2.03. The van der Waals surface area contributed by atoms with E-state index in [1.54, 1.807) is 25.1 Å². The predicted octanol–water partition coefficient (Wildman–Crippen LogP) is 2.83. The van der Waals surface area contributed by atoms with Gasteiger partial charge in [0.15, 0.2) is 0 Å². The quantitative estimate of drug-likeness (QED) is 0.465.